The fourth-order valence-electron chi connectivity index (χ4n) is 2.26. The van der Waals surface area contributed by atoms with E-state index in [2.05, 4.69) is 38.4 Å². The highest BCUT2D eigenvalue weighted by Crippen LogP contribution is 2.26. The second-order valence-electron chi connectivity index (χ2n) is 6.71. The van der Waals surface area contributed by atoms with Gasteiger partial charge < -0.3 is 9.22 Å². The van der Waals surface area contributed by atoms with Gasteiger partial charge in [-0.05, 0) is 19.8 Å². The molecule has 1 rings (SSSR count). The molecule has 118 valence electrons. The van der Waals surface area contributed by atoms with Crippen molar-refractivity contribution >= 4 is 5.97 Å². The van der Waals surface area contributed by atoms with Crippen molar-refractivity contribution in [3.8, 4) is 0 Å². The molecule has 0 radical (unpaired) electrons. The van der Waals surface area contributed by atoms with Crippen LogP contribution >= 0.6 is 0 Å². The Balaban J connectivity index is 2.45. The molecule has 0 saturated heterocycles. The predicted molar refractivity (Wildman–Crippen MR) is 86.8 cm³/mol. The number of carbonyl (C=O) groups excluding carboxylic acids is 1. The molecule has 21 heavy (non-hydrogen) atoms. The highest BCUT2D eigenvalue weighted by atomic mass is 16.5. The third-order valence-corrected chi connectivity index (χ3v) is 4.44. The van der Waals surface area contributed by atoms with Crippen LogP contribution in [0.25, 0.3) is 0 Å². The maximum absolute atomic E-state index is 12.1. The zero-order valence-electron chi connectivity index (χ0n) is 14.2. The number of carbonyl (C=O) groups is 1. The lowest BCUT2D eigenvalue weighted by Gasteiger charge is -2.30. The summed E-state index contributed by atoms with van der Waals surface area (Å²) in [5.74, 6) is -0.0628. The molecule has 0 bridgehead atoms. The van der Waals surface area contributed by atoms with E-state index < -0.39 is 0 Å². The average molecular weight is 292 g/mol. The number of likely N-dealkylation sites (N-methyl/N-ethyl adjacent to an activating group) is 1. The van der Waals surface area contributed by atoms with Gasteiger partial charge in [0.15, 0.2) is 0 Å². The first-order valence-electron chi connectivity index (χ1n) is 7.86. The van der Waals surface area contributed by atoms with Gasteiger partial charge in [-0.1, -0.05) is 44.2 Å². The molecule has 0 atom stereocenters. The quantitative estimate of drug-likeness (QED) is 0.540. The Morgan fingerprint density at radius 3 is 2.24 bits per heavy atom. The summed E-state index contributed by atoms with van der Waals surface area (Å²) in [4.78, 5) is 12.1. The monoisotopic (exact) mass is 292 g/mol. The van der Waals surface area contributed by atoms with Gasteiger partial charge in [0.1, 0.15) is 19.7 Å². The molecule has 0 heterocycles. The van der Waals surface area contributed by atoms with Crippen molar-refractivity contribution in [3.63, 3.8) is 0 Å². The Hall–Kier alpha value is -1.35. The molecule has 0 unspecified atom stereocenters. The van der Waals surface area contributed by atoms with Gasteiger partial charge in [-0.3, -0.25) is 4.79 Å². The zero-order chi connectivity index (χ0) is 15.9. The van der Waals surface area contributed by atoms with E-state index in [1.165, 1.54) is 5.56 Å². The number of benzene rings is 1. The number of hydrogen-bond acceptors (Lipinski definition) is 2. The average Bonchev–Trinajstić information content (AvgIpc) is 2.46. The molecule has 1 aromatic rings. The van der Waals surface area contributed by atoms with Crippen LogP contribution in [0.5, 0.6) is 0 Å². The zero-order valence-corrected chi connectivity index (χ0v) is 14.2. The van der Waals surface area contributed by atoms with Gasteiger partial charge in [-0.25, -0.2) is 0 Å². The second kappa shape index (κ2) is 7.60. The molecule has 0 fully saturated rings. The SMILES string of the molecule is CCC(C)(CC)C(=O)OCC[N+](C)(C)Cc1ccccc1. The molecule has 0 aromatic heterocycles. The Labute approximate surface area is 129 Å². The van der Waals surface area contributed by atoms with Gasteiger partial charge in [-0.2, -0.15) is 0 Å². The van der Waals surface area contributed by atoms with E-state index in [1.807, 2.05) is 26.8 Å². The Morgan fingerprint density at radius 2 is 1.71 bits per heavy atom. The lowest BCUT2D eigenvalue weighted by Crippen LogP contribution is -2.42. The highest BCUT2D eigenvalue weighted by molar-refractivity contribution is 5.76. The molecule has 0 amide bonds. The standard InChI is InChI=1S/C18H30NO2/c1-6-18(3,7-2)17(20)21-14-13-19(4,5)15-16-11-9-8-10-12-16/h8-12H,6-7,13-15H2,1-5H3/q+1. The third-order valence-electron chi connectivity index (χ3n) is 4.44. The van der Waals surface area contributed by atoms with Crippen LogP contribution in [0.3, 0.4) is 0 Å². The molecule has 0 N–H and O–H groups in total. The van der Waals surface area contributed by atoms with E-state index in [9.17, 15) is 4.79 Å². The van der Waals surface area contributed by atoms with Crippen molar-refractivity contribution in [3.05, 3.63) is 35.9 Å². The summed E-state index contributed by atoms with van der Waals surface area (Å²) in [7, 11) is 4.33. The summed E-state index contributed by atoms with van der Waals surface area (Å²) < 4.78 is 6.32. The van der Waals surface area contributed by atoms with Gasteiger partial charge in [0.2, 0.25) is 0 Å². The Kier molecular flexibility index (Phi) is 6.41. The summed E-state index contributed by atoms with van der Waals surface area (Å²) in [5, 5.41) is 0. The lowest BCUT2D eigenvalue weighted by molar-refractivity contribution is -0.903. The maximum atomic E-state index is 12.1. The number of ether oxygens (including phenoxy) is 1. The molecule has 3 nitrogen and oxygen atoms in total. The van der Waals surface area contributed by atoms with E-state index >= 15 is 0 Å². The number of hydrogen-bond donors (Lipinski definition) is 0. The third kappa shape index (κ3) is 5.50. The van der Waals surface area contributed by atoms with Gasteiger partial charge >= 0.3 is 5.97 Å². The summed E-state index contributed by atoms with van der Waals surface area (Å²) in [5.41, 5.74) is 0.970. The van der Waals surface area contributed by atoms with Crippen LogP contribution in [0.15, 0.2) is 30.3 Å². The molecule has 0 aliphatic rings. The van der Waals surface area contributed by atoms with Gasteiger partial charge in [0.05, 0.1) is 19.5 Å². The van der Waals surface area contributed by atoms with Crippen molar-refractivity contribution < 1.29 is 14.0 Å². The highest BCUT2D eigenvalue weighted by Gasteiger charge is 2.31. The van der Waals surface area contributed by atoms with Gasteiger partial charge in [0.25, 0.3) is 0 Å². The summed E-state index contributed by atoms with van der Waals surface area (Å²) in [6, 6.07) is 10.4. The van der Waals surface area contributed by atoms with Crippen molar-refractivity contribution in [1.29, 1.82) is 0 Å². The number of nitrogens with zero attached hydrogens (tertiary/aromatic N) is 1. The maximum Gasteiger partial charge on any atom is 0.311 e. The summed E-state index contributed by atoms with van der Waals surface area (Å²) in [6.45, 7) is 8.31. The summed E-state index contributed by atoms with van der Waals surface area (Å²) in [6.07, 6.45) is 1.65. The van der Waals surface area contributed by atoms with Crippen LogP contribution in [-0.2, 0) is 16.1 Å². The van der Waals surface area contributed by atoms with Crippen LogP contribution in [0, 0.1) is 5.41 Å². The first-order valence-corrected chi connectivity index (χ1v) is 7.86. The number of rotatable bonds is 8. The largest absolute Gasteiger partial charge is 0.459 e. The Morgan fingerprint density at radius 1 is 1.14 bits per heavy atom. The van der Waals surface area contributed by atoms with Crippen molar-refractivity contribution in [1.82, 2.24) is 0 Å². The molecular weight excluding hydrogens is 262 g/mol. The lowest BCUT2D eigenvalue weighted by atomic mass is 9.85. The Bertz CT molecular complexity index is 436. The van der Waals surface area contributed by atoms with Gasteiger partial charge in [-0.15, -0.1) is 0 Å². The normalized spacial score (nSPS) is 12.2. The first kappa shape index (κ1) is 17.7. The second-order valence-corrected chi connectivity index (χ2v) is 6.71. The van der Waals surface area contributed by atoms with Crippen molar-refractivity contribution in [2.75, 3.05) is 27.2 Å². The minimum Gasteiger partial charge on any atom is -0.459 e. The molecule has 0 spiro atoms. The number of esters is 1. The predicted octanol–water partition coefficient (Wildman–Crippen LogP) is 3.63. The molecular formula is C18H30NO2+. The number of quaternary nitrogens is 1. The minimum absolute atomic E-state index is 0.0628. The van der Waals surface area contributed by atoms with Crippen molar-refractivity contribution in [2.45, 2.75) is 40.2 Å². The van der Waals surface area contributed by atoms with Crippen LogP contribution in [0.1, 0.15) is 39.2 Å². The smallest absolute Gasteiger partial charge is 0.311 e. The van der Waals surface area contributed by atoms with Crippen molar-refractivity contribution in [2.24, 2.45) is 5.41 Å². The first-order chi connectivity index (χ1) is 9.83. The molecule has 0 saturated carbocycles. The van der Waals surface area contributed by atoms with Gasteiger partial charge in [0, 0.05) is 5.56 Å². The molecule has 0 aliphatic heterocycles. The molecule has 1 aromatic carbocycles. The van der Waals surface area contributed by atoms with Crippen LogP contribution in [0.4, 0.5) is 0 Å². The topological polar surface area (TPSA) is 26.3 Å². The van der Waals surface area contributed by atoms with Crippen LogP contribution < -0.4 is 0 Å². The van der Waals surface area contributed by atoms with E-state index in [-0.39, 0.29) is 11.4 Å². The van der Waals surface area contributed by atoms with E-state index in [0.717, 1.165) is 30.4 Å². The van der Waals surface area contributed by atoms with E-state index in [1.54, 1.807) is 0 Å². The van der Waals surface area contributed by atoms with E-state index in [0.29, 0.717) is 6.61 Å². The van der Waals surface area contributed by atoms with E-state index in [4.69, 9.17) is 4.74 Å². The molecule has 3 heteroatoms. The minimum atomic E-state index is -0.337. The fraction of sp³-hybridized carbons (Fsp3) is 0.611. The summed E-state index contributed by atoms with van der Waals surface area (Å²) >= 11 is 0. The fourth-order valence-corrected chi connectivity index (χ4v) is 2.26. The molecule has 0 aliphatic carbocycles. The van der Waals surface area contributed by atoms with Crippen LogP contribution in [0.2, 0.25) is 0 Å². The van der Waals surface area contributed by atoms with Crippen LogP contribution in [-0.4, -0.2) is 37.7 Å².